The van der Waals surface area contributed by atoms with E-state index in [1.807, 2.05) is 38.1 Å². The van der Waals surface area contributed by atoms with Crippen molar-refractivity contribution >= 4 is 17.5 Å². The van der Waals surface area contributed by atoms with E-state index in [-0.39, 0.29) is 17.2 Å². The molecule has 0 N–H and O–H groups in total. The number of rotatable bonds is 5. The second-order valence-electron chi connectivity index (χ2n) is 6.54. The van der Waals surface area contributed by atoms with Crippen molar-refractivity contribution in [3.8, 4) is 0 Å². The lowest BCUT2D eigenvalue weighted by molar-refractivity contribution is 0.102. The molecular weight excluding hydrogens is 296 g/mol. The number of benzene rings is 1. The van der Waals surface area contributed by atoms with Crippen LogP contribution in [0.5, 0.6) is 0 Å². The van der Waals surface area contributed by atoms with Gasteiger partial charge >= 0.3 is 0 Å². The van der Waals surface area contributed by atoms with Crippen LogP contribution in [0.1, 0.15) is 56.6 Å². The molecule has 0 amide bonds. The van der Waals surface area contributed by atoms with Crippen molar-refractivity contribution < 1.29 is 4.79 Å². The van der Waals surface area contributed by atoms with Crippen molar-refractivity contribution in [3.63, 3.8) is 0 Å². The zero-order valence-corrected chi connectivity index (χ0v) is 14.5. The third-order valence-electron chi connectivity index (χ3n) is 3.36. The average molecular weight is 318 g/mol. The molecule has 2 rings (SSSR count). The van der Waals surface area contributed by atoms with Gasteiger partial charge in [0.1, 0.15) is 0 Å². The third-order valence-corrected chi connectivity index (χ3v) is 4.29. The molecule has 0 saturated carbocycles. The van der Waals surface area contributed by atoms with Crippen molar-refractivity contribution in [1.82, 2.24) is 20.2 Å². The molecule has 1 aromatic heterocycles. The number of carbonyl (C=O) groups excluding carboxylic acids is 1. The Balaban J connectivity index is 2.02. The normalized spacial score (nSPS) is 11.9. The van der Waals surface area contributed by atoms with Crippen LogP contribution in [0.25, 0.3) is 0 Å². The molecule has 1 aromatic carbocycles. The maximum Gasteiger partial charge on any atom is 0.209 e. The number of ketones is 1. The van der Waals surface area contributed by atoms with Gasteiger partial charge in [-0.3, -0.25) is 4.79 Å². The van der Waals surface area contributed by atoms with Gasteiger partial charge < -0.3 is 0 Å². The smallest absolute Gasteiger partial charge is 0.209 e. The van der Waals surface area contributed by atoms with Gasteiger partial charge in [-0.05, 0) is 35.3 Å². The summed E-state index contributed by atoms with van der Waals surface area (Å²) in [5, 5.41) is 12.2. The van der Waals surface area contributed by atoms with E-state index in [9.17, 15) is 4.79 Å². The SMILES string of the molecule is CC(C)n1nnnc1SCC(=O)c1ccc(C(C)(C)C)cc1. The van der Waals surface area contributed by atoms with E-state index in [1.165, 1.54) is 17.3 Å². The number of Topliss-reactive ketones (excluding diaryl/α,β-unsaturated/α-hetero) is 1. The molecule has 0 aliphatic rings. The van der Waals surface area contributed by atoms with Gasteiger partial charge in [0.2, 0.25) is 5.16 Å². The van der Waals surface area contributed by atoms with Gasteiger partial charge in [0.05, 0.1) is 11.8 Å². The molecule has 118 valence electrons. The van der Waals surface area contributed by atoms with Crippen molar-refractivity contribution in [3.05, 3.63) is 35.4 Å². The molecular formula is C16H22N4OS. The van der Waals surface area contributed by atoms with E-state index in [1.54, 1.807) is 4.68 Å². The highest BCUT2D eigenvalue weighted by atomic mass is 32.2. The van der Waals surface area contributed by atoms with Crippen LogP contribution in [-0.4, -0.2) is 31.7 Å². The molecule has 0 aliphatic carbocycles. The van der Waals surface area contributed by atoms with Gasteiger partial charge in [0, 0.05) is 5.56 Å². The Bertz CT molecular complexity index is 641. The van der Waals surface area contributed by atoms with E-state index < -0.39 is 0 Å². The molecule has 0 unspecified atom stereocenters. The maximum atomic E-state index is 12.3. The molecule has 0 aliphatic heterocycles. The average Bonchev–Trinajstić information content (AvgIpc) is 2.92. The summed E-state index contributed by atoms with van der Waals surface area (Å²) >= 11 is 1.37. The number of aromatic nitrogens is 4. The number of thioether (sulfide) groups is 1. The minimum Gasteiger partial charge on any atom is -0.293 e. The standard InChI is InChI=1S/C16H22N4OS/c1-11(2)20-15(17-18-19-20)22-10-14(21)12-6-8-13(9-7-12)16(3,4)5/h6-9,11H,10H2,1-5H3. The molecule has 2 aromatic rings. The van der Waals surface area contributed by atoms with Crippen molar-refractivity contribution in [2.24, 2.45) is 0 Å². The van der Waals surface area contributed by atoms with Crippen LogP contribution in [0.4, 0.5) is 0 Å². The van der Waals surface area contributed by atoms with Gasteiger partial charge in [-0.2, -0.15) is 0 Å². The summed E-state index contributed by atoms with van der Waals surface area (Å²) in [6.07, 6.45) is 0. The summed E-state index contributed by atoms with van der Waals surface area (Å²) in [6.45, 7) is 10.5. The zero-order valence-electron chi connectivity index (χ0n) is 13.7. The van der Waals surface area contributed by atoms with E-state index in [2.05, 4.69) is 36.3 Å². The van der Waals surface area contributed by atoms with Crippen LogP contribution in [0, 0.1) is 0 Å². The Labute approximate surface area is 135 Å². The van der Waals surface area contributed by atoms with Gasteiger partial charge in [-0.1, -0.05) is 56.8 Å². The van der Waals surface area contributed by atoms with Crippen LogP contribution in [0.2, 0.25) is 0 Å². The fourth-order valence-corrected chi connectivity index (χ4v) is 2.87. The summed E-state index contributed by atoms with van der Waals surface area (Å²) in [6, 6.07) is 8.02. The molecule has 22 heavy (non-hydrogen) atoms. The van der Waals surface area contributed by atoms with Crippen molar-refractivity contribution in [2.75, 3.05) is 5.75 Å². The maximum absolute atomic E-state index is 12.3. The highest BCUT2D eigenvalue weighted by molar-refractivity contribution is 7.99. The van der Waals surface area contributed by atoms with Gasteiger partial charge in [-0.15, -0.1) is 5.10 Å². The van der Waals surface area contributed by atoms with Crippen LogP contribution >= 0.6 is 11.8 Å². The Hall–Kier alpha value is -1.69. The molecule has 0 atom stereocenters. The summed E-state index contributed by atoms with van der Waals surface area (Å²) < 4.78 is 1.72. The predicted molar refractivity (Wildman–Crippen MR) is 88.4 cm³/mol. The lowest BCUT2D eigenvalue weighted by Gasteiger charge is -2.18. The monoisotopic (exact) mass is 318 g/mol. The number of hydrogen-bond acceptors (Lipinski definition) is 5. The summed E-state index contributed by atoms with van der Waals surface area (Å²) in [7, 11) is 0. The molecule has 0 bridgehead atoms. The van der Waals surface area contributed by atoms with E-state index in [0.717, 1.165) is 5.56 Å². The molecule has 0 radical (unpaired) electrons. The Morgan fingerprint density at radius 1 is 1.23 bits per heavy atom. The molecule has 6 heteroatoms. The fraction of sp³-hybridized carbons (Fsp3) is 0.500. The fourth-order valence-electron chi connectivity index (χ4n) is 1.97. The topological polar surface area (TPSA) is 60.7 Å². The lowest BCUT2D eigenvalue weighted by atomic mass is 9.86. The van der Waals surface area contributed by atoms with Crippen molar-refractivity contribution in [1.29, 1.82) is 0 Å². The first-order chi connectivity index (χ1) is 10.3. The molecule has 0 spiro atoms. The van der Waals surface area contributed by atoms with Gasteiger partial charge in [0.15, 0.2) is 5.78 Å². The molecule has 0 fully saturated rings. The van der Waals surface area contributed by atoms with Crippen LogP contribution in [-0.2, 0) is 5.41 Å². The van der Waals surface area contributed by atoms with E-state index in [0.29, 0.717) is 10.9 Å². The summed E-state index contributed by atoms with van der Waals surface area (Å²) in [5.41, 5.74) is 2.04. The lowest BCUT2D eigenvalue weighted by Crippen LogP contribution is -2.12. The number of nitrogens with zero attached hydrogens (tertiary/aromatic N) is 4. The van der Waals surface area contributed by atoms with Crippen molar-refractivity contribution in [2.45, 2.75) is 51.2 Å². The van der Waals surface area contributed by atoms with Crippen LogP contribution < -0.4 is 0 Å². The second kappa shape index (κ2) is 6.60. The second-order valence-corrected chi connectivity index (χ2v) is 7.48. The summed E-state index contributed by atoms with van der Waals surface area (Å²) in [5.74, 6) is 0.422. The van der Waals surface area contributed by atoms with Crippen LogP contribution in [0.15, 0.2) is 29.4 Å². The van der Waals surface area contributed by atoms with Crippen LogP contribution in [0.3, 0.4) is 0 Å². The first kappa shape index (κ1) is 16.7. The summed E-state index contributed by atoms with van der Waals surface area (Å²) in [4.78, 5) is 12.3. The molecule has 5 nitrogen and oxygen atoms in total. The highest BCUT2D eigenvalue weighted by Crippen LogP contribution is 2.23. The van der Waals surface area contributed by atoms with E-state index in [4.69, 9.17) is 0 Å². The Morgan fingerprint density at radius 2 is 1.86 bits per heavy atom. The predicted octanol–water partition coefficient (Wildman–Crippen LogP) is 3.53. The van der Waals surface area contributed by atoms with Gasteiger partial charge in [-0.25, -0.2) is 4.68 Å². The third kappa shape index (κ3) is 3.94. The minimum atomic E-state index is 0.0868. The largest absolute Gasteiger partial charge is 0.293 e. The Kier molecular flexibility index (Phi) is 5.01. The molecule has 0 saturated heterocycles. The quantitative estimate of drug-likeness (QED) is 0.623. The first-order valence-electron chi connectivity index (χ1n) is 7.33. The van der Waals surface area contributed by atoms with Gasteiger partial charge in [0.25, 0.3) is 0 Å². The number of hydrogen-bond donors (Lipinski definition) is 0. The zero-order chi connectivity index (χ0) is 16.3. The first-order valence-corrected chi connectivity index (χ1v) is 8.32. The minimum absolute atomic E-state index is 0.0868. The Morgan fingerprint density at radius 3 is 2.41 bits per heavy atom. The number of carbonyl (C=O) groups is 1. The number of tetrazole rings is 1. The molecule has 1 heterocycles. The van der Waals surface area contributed by atoms with E-state index >= 15 is 0 Å². The highest BCUT2D eigenvalue weighted by Gasteiger charge is 2.16.